The van der Waals surface area contributed by atoms with Crippen LogP contribution >= 0.6 is 0 Å². The highest BCUT2D eigenvalue weighted by Crippen LogP contribution is 2.44. The van der Waals surface area contributed by atoms with Crippen molar-refractivity contribution in [2.75, 3.05) is 6.54 Å². The zero-order chi connectivity index (χ0) is 12.7. The van der Waals surface area contributed by atoms with Crippen molar-refractivity contribution in [1.82, 2.24) is 10.2 Å². The second-order valence-corrected chi connectivity index (χ2v) is 5.92. The van der Waals surface area contributed by atoms with Crippen LogP contribution in [0.2, 0.25) is 0 Å². The van der Waals surface area contributed by atoms with Gasteiger partial charge in [0.15, 0.2) is 0 Å². The number of nitrogens with zero attached hydrogens (tertiary/aromatic N) is 1. The summed E-state index contributed by atoms with van der Waals surface area (Å²) in [6.07, 6.45) is 6.23. The average Bonchev–Trinajstić information content (AvgIpc) is 3.04. The molecule has 3 aliphatic rings. The van der Waals surface area contributed by atoms with Crippen molar-refractivity contribution >= 4 is 12.0 Å². The summed E-state index contributed by atoms with van der Waals surface area (Å²) in [6.45, 7) is 0.573. The molecule has 2 amide bonds. The van der Waals surface area contributed by atoms with Crippen molar-refractivity contribution in [2.24, 2.45) is 11.8 Å². The summed E-state index contributed by atoms with van der Waals surface area (Å²) in [6, 6.07) is -0.507. The maximum atomic E-state index is 12.1. The molecule has 1 saturated heterocycles. The minimum absolute atomic E-state index is 0.169. The minimum atomic E-state index is -0.879. The summed E-state index contributed by atoms with van der Waals surface area (Å²) in [4.78, 5) is 24.7. The number of hydrogen-bond acceptors (Lipinski definition) is 2. The Balaban J connectivity index is 1.59. The van der Waals surface area contributed by atoms with Crippen LogP contribution in [0, 0.1) is 11.8 Å². The van der Waals surface area contributed by atoms with E-state index in [-0.39, 0.29) is 12.1 Å². The zero-order valence-corrected chi connectivity index (χ0v) is 10.5. The third-order valence-electron chi connectivity index (χ3n) is 4.85. The SMILES string of the molecule is O=C(O)C1CCCN1C(=O)NC1CC2CCC1C2. The summed E-state index contributed by atoms with van der Waals surface area (Å²) in [7, 11) is 0. The molecule has 4 unspecified atom stereocenters. The van der Waals surface area contributed by atoms with Crippen molar-refractivity contribution in [3.05, 3.63) is 0 Å². The molecule has 3 rings (SSSR count). The summed E-state index contributed by atoms with van der Waals surface area (Å²) >= 11 is 0. The van der Waals surface area contributed by atoms with Crippen molar-refractivity contribution in [3.63, 3.8) is 0 Å². The molecule has 1 heterocycles. The number of rotatable bonds is 2. The molecule has 0 aromatic heterocycles. The second-order valence-electron chi connectivity index (χ2n) is 5.92. The Morgan fingerprint density at radius 3 is 2.61 bits per heavy atom. The van der Waals surface area contributed by atoms with E-state index >= 15 is 0 Å². The van der Waals surface area contributed by atoms with Crippen LogP contribution in [0.3, 0.4) is 0 Å². The Hall–Kier alpha value is -1.26. The number of amides is 2. The van der Waals surface area contributed by atoms with Crippen molar-refractivity contribution < 1.29 is 14.7 Å². The highest BCUT2D eigenvalue weighted by atomic mass is 16.4. The molecule has 5 nitrogen and oxygen atoms in total. The van der Waals surface area contributed by atoms with Gasteiger partial charge in [-0.05, 0) is 43.9 Å². The number of carboxylic acid groups (broad SMARTS) is 1. The molecule has 100 valence electrons. The fourth-order valence-corrected chi connectivity index (χ4v) is 3.93. The molecule has 0 radical (unpaired) electrons. The molecule has 18 heavy (non-hydrogen) atoms. The minimum Gasteiger partial charge on any atom is -0.480 e. The molecule has 5 heteroatoms. The van der Waals surface area contributed by atoms with Gasteiger partial charge < -0.3 is 15.3 Å². The zero-order valence-electron chi connectivity index (χ0n) is 10.5. The number of nitrogens with one attached hydrogen (secondary N) is 1. The predicted molar refractivity (Wildman–Crippen MR) is 65.1 cm³/mol. The van der Waals surface area contributed by atoms with Crippen molar-refractivity contribution in [1.29, 1.82) is 0 Å². The van der Waals surface area contributed by atoms with Gasteiger partial charge in [0, 0.05) is 12.6 Å². The van der Waals surface area contributed by atoms with Crippen LogP contribution in [0.5, 0.6) is 0 Å². The number of carboxylic acids is 1. The molecule has 0 spiro atoms. The fourth-order valence-electron chi connectivity index (χ4n) is 3.93. The van der Waals surface area contributed by atoms with Crippen LogP contribution in [0.25, 0.3) is 0 Å². The van der Waals surface area contributed by atoms with E-state index in [0.717, 1.165) is 18.8 Å². The topological polar surface area (TPSA) is 69.6 Å². The van der Waals surface area contributed by atoms with Gasteiger partial charge in [-0.25, -0.2) is 9.59 Å². The fraction of sp³-hybridized carbons (Fsp3) is 0.846. The van der Waals surface area contributed by atoms with E-state index in [1.807, 2.05) is 0 Å². The first-order chi connectivity index (χ1) is 8.65. The summed E-state index contributed by atoms with van der Waals surface area (Å²) < 4.78 is 0. The van der Waals surface area contributed by atoms with Crippen LogP contribution in [0.4, 0.5) is 4.79 Å². The largest absolute Gasteiger partial charge is 0.480 e. The Morgan fingerprint density at radius 1 is 1.17 bits per heavy atom. The van der Waals surface area contributed by atoms with Crippen molar-refractivity contribution in [3.8, 4) is 0 Å². The first-order valence-electron chi connectivity index (χ1n) is 6.95. The van der Waals surface area contributed by atoms with Crippen LogP contribution in [-0.4, -0.2) is 40.6 Å². The summed E-state index contributed by atoms with van der Waals surface area (Å²) in [5, 5.41) is 12.1. The highest BCUT2D eigenvalue weighted by molar-refractivity contribution is 5.83. The summed E-state index contributed by atoms with van der Waals surface area (Å²) in [5.41, 5.74) is 0. The van der Waals surface area contributed by atoms with E-state index in [0.29, 0.717) is 18.9 Å². The van der Waals surface area contributed by atoms with Gasteiger partial charge in [0.05, 0.1) is 0 Å². The monoisotopic (exact) mass is 252 g/mol. The van der Waals surface area contributed by atoms with E-state index < -0.39 is 12.0 Å². The maximum Gasteiger partial charge on any atom is 0.326 e. The van der Waals surface area contributed by atoms with Gasteiger partial charge in [-0.1, -0.05) is 6.42 Å². The maximum absolute atomic E-state index is 12.1. The van der Waals surface area contributed by atoms with Gasteiger partial charge in [0.2, 0.25) is 0 Å². The number of carbonyl (C=O) groups excluding carboxylic acids is 1. The lowest BCUT2D eigenvalue weighted by atomic mass is 9.95. The Kier molecular flexibility index (Phi) is 2.92. The quantitative estimate of drug-likeness (QED) is 0.781. The van der Waals surface area contributed by atoms with Gasteiger partial charge in [0.1, 0.15) is 6.04 Å². The van der Waals surface area contributed by atoms with Crippen LogP contribution in [0.15, 0.2) is 0 Å². The third kappa shape index (κ3) is 1.95. The molecule has 2 bridgehead atoms. The van der Waals surface area contributed by atoms with Crippen molar-refractivity contribution in [2.45, 2.75) is 50.6 Å². The molecule has 0 aromatic rings. The Bertz CT molecular complexity index is 371. The number of hydrogen-bond donors (Lipinski definition) is 2. The Morgan fingerprint density at radius 2 is 2.00 bits per heavy atom. The smallest absolute Gasteiger partial charge is 0.326 e. The number of urea groups is 1. The molecule has 4 atom stereocenters. The molecule has 2 aliphatic carbocycles. The van der Waals surface area contributed by atoms with Crippen LogP contribution in [0.1, 0.15) is 38.5 Å². The molecule has 3 fully saturated rings. The lowest BCUT2D eigenvalue weighted by Crippen LogP contribution is -2.50. The van der Waals surface area contributed by atoms with E-state index in [9.17, 15) is 9.59 Å². The predicted octanol–water partition coefficient (Wildman–Crippen LogP) is 1.43. The van der Waals surface area contributed by atoms with Gasteiger partial charge in [0.25, 0.3) is 0 Å². The Labute approximate surface area is 107 Å². The van der Waals surface area contributed by atoms with Crippen LogP contribution in [-0.2, 0) is 4.79 Å². The van der Waals surface area contributed by atoms with Gasteiger partial charge in [-0.15, -0.1) is 0 Å². The molecular weight excluding hydrogens is 232 g/mol. The third-order valence-corrected chi connectivity index (χ3v) is 4.85. The average molecular weight is 252 g/mol. The first-order valence-corrected chi connectivity index (χ1v) is 6.95. The lowest BCUT2D eigenvalue weighted by Gasteiger charge is -2.28. The molecule has 0 aromatic carbocycles. The standard InChI is InChI=1S/C13H20N2O3/c16-12(17)11-2-1-5-15(11)13(18)14-10-7-8-3-4-9(10)6-8/h8-11H,1-7H2,(H,14,18)(H,16,17). The van der Waals surface area contributed by atoms with Gasteiger partial charge >= 0.3 is 12.0 Å². The van der Waals surface area contributed by atoms with E-state index in [1.165, 1.54) is 24.2 Å². The number of likely N-dealkylation sites (tertiary alicyclic amines) is 1. The second kappa shape index (κ2) is 4.44. The van der Waals surface area contributed by atoms with E-state index in [1.54, 1.807) is 0 Å². The lowest BCUT2D eigenvalue weighted by molar-refractivity contribution is -0.141. The summed E-state index contributed by atoms with van der Waals surface area (Å²) in [5.74, 6) is 0.537. The van der Waals surface area contributed by atoms with Gasteiger partial charge in [-0.3, -0.25) is 0 Å². The number of aliphatic carboxylic acids is 1. The first kappa shape index (κ1) is 11.8. The highest BCUT2D eigenvalue weighted by Gasteiger charge is 2.42. The number of carbonyl (C=O) groups is 2. The normalized spacial score (nSPS) is 38.1. The van der Waals surface area contributed by atoms with Gasteiger partial charge in [-0.2, -0.15) is 0 Å². The van der Waals surface area contributed by atoms with E-state index in [4.69, 9.17) is 5.11 Å². The van der Waals surface area contributed by atoms with Crippen LogP contribution < -0.4 is 5.32 Å². The van der Waals surface area contributed by atoms with E-state index in [2.05, 4.69) is 5.32 Å². The molecule has 2 N–H and O–H groups in total. The molecule has 2 saturated carbocycles. The molecular formula is C13H20N2O3. The molecule has 1 aliphatic heterocycles. The number of fused-ring (bicyclic) bond motifs is 2.